The van der Waals surface area contributed by atoms with Gasteiger partial charge in [0.25, 0.3) is 0 Å². The Morgan fingerprint density at radius 3 is 2.20 bits per heavy atom. The molecule has 5 heteroatoms. The minimum atomic E-state index is -2.88. The molecule has 0 bridgehead atoms. The van der Waals surface area contributed by atoms with Gasteiger partial charge in [0, 0.05) is 40.3 Å². The summed E-state index contributed by atoms with van der Waals surface area (Å²) < 4.78 is 22.7. The van der Waals surface area contributed by atoms with Gasteiger partial charge >= 0.3 is 4.16 Å². The van der Waals surface area contributed by atoms with Gasteiger partial charge in [-0.25, -0.2) is 0 Å². The van der Waals surface area contributed by atoms with Crippen molar-refractivity contribution in [2.75, 3.05) is 0 Å². The molecule has 1 heterocycles. The van der Waals surface area contributed by atoms with Gasteiger partial charge in [-0.3, -0.25) is 3.97 Å². The van der Waals surface area contributed by atoms with E-state index in [-0.39, 0.29) is 0 Å². The van der Waals surface area contributed by atoms with Crippen LogP contribution in [0.4, 0.5) is 8.78 Å². The van der Waals surface area contributed by atoms with Crippen LogP contribution in [0.15, 0.2) is 24.5 Å². The van der Waals surface area contributed by atoms with Gasteiger partial charge in [0.05, 0.1) is 0 Å². The molecule has 0 aromatic carbocycles. The van der Waals surface area contributed by atoms with E-state index in [4.69, 9.17) is 0 Å². The highest BCUT2D eigenvalue weighted by Crippen LogP contribution is 2.35. The van der Waals surface area contributed by atoms with Gasteiger partial charge in [-0.05, 0) is 12.1 Å². The molecular weight excluding hydrogens is 224 g/mol. The van der Waals surface area contributed by atoms with E-state index in [1.807, 2.05) is 0 Å². The molecule has 0 N–H and O–H groups in total. The second-order valence-corrected chi connectivity index (χ2v) is 4.22. The number of hydrogen-bond acceptors (Lipinski definition) is 1. The summed E-state index contributed by atoms with van der Waals surface area (Å²) in [6.45, 7) is 0. The maximum atomic E-state index is 12.1. The average Bonchev–Trinajstić information content (AvgIpc) is 2.12. The predicted octanol–water partition coefficient (Wildman–Crippen LogP) is 2.93. The van der Waals surface area contributed by atoms with E-state index in [0.717, 1.165) is 0 Å². The molecule has 0 spiro atoms. The largest absolute Gasteiger partial charge is 0.367 e. The maximum Gasteiger partial charge on any atom is 0.367 e. The molecule has 56 valence electrons. The first kappa shape index (κ1) is 8.07. The van der Waals surface area contributed by atoms with E-state index in [1.54, 1.807) is 24.5 Å². The third kappa shape index (κ3) is 2.70. The molecule has 0 aliphatic rings. The van der Waals surface area contributed by atoms with Crippen molar-refractivity contribution in [3.8, 4) is 0 Å². The smallest absolute Gasteiger partial charge is 0.293 e. The summed E-state index contributed by atoms with van der Waals surface area (Å²) in [5.41, 5.74) is 0. The number of nitrogens with zero attached hydrogens (tertiary/aromatic N) is 1. The van der Waals surface area contributed by atoms with E-state index < -0.39 is 4.16 Å². The number of rotatable bonds is 2. The number of halogens is 3. The van der Waals surface area contributed by atoms with E-state index in [1.165, 1.54) is 3.97 Å². The van der Waals surface area contributed by atoms with E-state index in [9.17, 15) is 8.78 Å². The van der Waals surface area contributed by atoms with Crippen LogP contribution in [-0.2, 0) is 0 Å². The first-order valence-corrected chi connectivity index (χ1v) is 4.04. The summed E-state index contributed by atoms with van der Waals surface area (Å²) in [4.78, 5) is 0. The molecule has 0 aliphatic heterocycles. The molecule has 0 unspecified atom stereocenters. The van der Waals surface area contributed by atoms with Gasteiger partial charge in [-0.1, -0.05) is 0 Å². The zero-order valence-corrected chi connectivity index (χ0v) is 7.20. The van der Waals surface area contributed by atoms with Crippen molar-refractivity contribution in [1.29, 1.82) is 0 Å². The standard InChI is InChI=1S/C5H4BrF2NS/c6-5(7,8)10-9-3-1-2-4-9/h1-4H. The van der Waals surface area contributed by atoms with Crippen molar-refractivity contribution >= 4 is 27.9 Å². The number of aromatic nitrogens is 1. The minimum Gasteiger partial charge on any atom is -0.293 e. The first-order valence-electron chi connectivity index (χ1n) is 2.47. The third-order valence-electron chi connectivity index (χ3n) is 0.786. The Hall–Kier alpha value is -0.0300. The monoisotopic (exact) mass is 227 g/mol. The lowest BCUT2D eigenvalue weighted by molar-refractivity contribution is 0.220. The van der Waals surface area contributed by atoms with Gasteiger partial charge in [0.2, 0.25) is 0 Å². The van der Waals surface area contributed by atoms with Crippen molar-refractivity contribution < 1.29 is 8.78 Å². The van der Waals surface area contributed by atoms with Gasteiger partial charge in [0.15, 0.2) is 0 Å². The van der Waals surface area contributed by atoms with E-state index >= 15 is 0 Å². The van der Waals surface area contributed by atoms with Gasteiger partial charge in [-0.2, -0.15) is 8.78 Å². The molecule has 0 fully saturated rings. The van der Waals surface area contributed by atoms with Crippen LogP contribution < -0.4 is 0 Å². The summed E-state index contributed by atoms with van der Waals surface area (Å²) in [5, 5.41) is 0. The van der Waals surface area contributed by atoms with Crippen molar-refractivity contribution in [2.45, 2.75) is 4.16 Å². The minimum absolute atomic E-state index is 0.407. The van der Waals surface area contributed by atoms with E-state index in [2.05, 4.69) is 15.9 Å². The molecule has 1 aromatic rings. The quantitative estimate of drug-likeness (QED) is 0.704. The fourth-order valence-electron chi connectivity index (χ4n) is 0.499. The van der Waals surface area contributed by atoms with Crippen molar-refractivity contribution in [2.24, 2.45) is 0 Å². The second kappa shape index (κ2) is 2.92. The average molecular weight is 228 g/mol. The fraction of sp³-hybridized carbons (Fsp3) is 0.200. The topological polar surface area (TPSA) is 4.93 Å². The molecule has 10 heavy (non-hydrogen) atoms. The number of alkyl halides is 3. The molecule has 0 radical (unpaired) electrons. The zero-order valence-electron chi connectivity index (χ0n) is 4.80. The van der Waals surface area contributed by atoms with Gasteiger partial charge in [-0.15, -0.1) is 0 Å². The molecule has 1 rings (SSSR count). The summed E-state index contributed by atoms with van der Waals surface area (Å²) in [6, 6.07) is 3.37. The Labute approximate surface area is 69.7 Å². The van der Waals surface area contributed by atoms with Crippen molar-refractivity contribution in [3.63, 3.8) is 0 Å². The highest BCUT2D eigenvalue weighted by Gasteiger charge is 2.25. The van der Waals surface area contributed by atoms with Crippen LogP contribution in [-0.4, -0.2) is 8.14 Å². The van der Waals surface area contributed by atoms with Crippen LogP contribution in [0.3, 0.4) is 0 Å². The highest BCUT2D eigenvalue weighted by molar-refractivity contribution is 9.11. The predicted molar refractivity (Wildman–Crippen MR) is 41.3 cm³/mol. The third-order valence-corrected chi connectivity index (χ3v) is 1.88. The van der Waals surface area contributed by atoms with Crippen LogP contribution >= 0.6 is 27.9 Å². The first-order chi connectivity index (χ1) is 4.58. The molecule has 1 aromatic heterocycles. The Bertz CT molecular complexity index is 194. The van der Waals surface area contributed by atoms with Crippen LogP contribution in [0.5, 0.6) is 0 Å². The maximum absolute atomic E-state index is 12.1. The second-order valence-electron chi connectivity index (χ2n) is 1.58. The summed E-state index contributed by atoms with van der Waals surface area (Å²) in [6.07, 6.45) is 3.11. The Kier molecular flexibility index (Phi) is 2.36. The summed E-state index contributed by atoms with van der Waals surface area (Å²) >= 11 is 2.62. The molecular formula is C5H4BrF2NS. The zero-order chi connectivity index (χ0) is 7.61. The molecule has 0 amide bonds. The Balaban J connectivity index is 2.57. The van der Waals surface area contributed by atoms with Crippen LogP contribution in [0.1, 0.15) is 0 Å². The molecule has 0 aliphatic carbocycles. The SMILES string of the molecule is FC(F)(Br)Sn1cccc1. The summed E-state index contributed by atoms with van der Waals surface area (Å²) in [5.74, 6) is 0. The molecule has 1 nitrogen and oxygen atoms in total. The van der Waals surface area contributed by atoms with Crippen LogP contribution in [0.2, 0.25) is 0 Å². The lowest BCUT2D eigenvalue weighted by Gasteiger charge is -2.06. The normalized spacial score (nSPS) is 11.9. The fourth-order valence-corrected chi connectivity index (χ4v) is 1.50. The number of hydrogen-bond donors (Lipinski definition) is 0. The highest BCUT2D eigenvalue weighted by atomic mass is 79.9. The summed E-state index contributed by atoms with van der Waals surface area (Å²) in [7, 11) is 0. The van der Waals surface area contributed by atoms with Crippen molar-refractivity contribution in [1.82, 2.24) is 3.97 Å². The van der Waals surface area contributed by atoms with Crippen molar-refractivity contribution in [3.05, 3.63) is 24.5 Å². The molecule has 0 saturated heterocycles. The van der Waals surface area contributed by atoms with E-state index in [0.29, 0.717) is 11.9 Å². The lowest BCUT2D eigenvalue weighted by atomic mass is 10.7. The molecule has 0 atom stereocenters. The lowest BCUT2D eigenvalue weighted by Crippen LogP contribution is -2.00. The van der Waals surface area contributed by atoms with Crippen LogP contribution in [0, 0.1) is 0 Å². The molecule has 0 saturated carbocycles. The van der Waals surface area contributed by atoms with Gasteiger partial charge in [0.1, 0.15) is 0 Å². The van der Waals surface area contributed by atoms with Gasteiger partial charge < -0.3 is 0 Å². The Morgan fingerprint density at radius 1 is 1.30 bits per heavy atom. The Morgan fingerprint density at radius 2 is 1.80 bits per heavy atom. The van der Waals surface area contributed by atoms with Crippen LogP contribution in [0.25, 0.3) is 0 Å².